The number of hydrogen-bond donors (Lipinski definition) is 0. The minimum Gasteiger partial charge on any atom is -0.454 e. The Morgan fingerprint density at radius 3 is 2.70 bits per heavy atom. The molecule has 0 radical (unpaired) electrons. The Balaban J connectivity index is 1.96. The number of benzene rings is 1. The van der Waals surface area contributed by atoms with E-state index in [0.29, 0.717) is 17.2 Å². The van der Waals surface area contributed by atoms with Gasteiger partial charge >= 0.3 is 5.69 Å². The number of nitrogens with zero attached hydrogens (tertiary/aromatic N) is 4. The molecule has 4 rings (SSSR count). The summed E-state index contributed by atoms with van der Waals surface area (Å²) in [4.78, 5) is 32.8. The van der Waals surface area contributed by atoms with Gasteiger partial charge in [0.2, 0.25) is 6.79 Å². The third-order valence-electron chi connectivity index (χ3n) is 3.82. The molecule has 8 heteroatoms. The first-order valence-electron chi connectivity index (χ1n) is 6.89. The van der Waals surface area contributed by atoms with E-state index in [-0.39, 0.29) is 18.0 Å². The molecule has 3 heterocycles. The molecule has 0 N–H and O–H groups in total. The van der Waals surface area contributed by atoms with Crippen LogP contribution in [0.4, 0.5) is 0 Å². The Labute approximate surface area is 129 Å². The summed E-state index contributed by atoms with van der Waals surface area (Å²) < 4.78 is 12.9. The van der Waals surface area contributed by atoms with E-state index < -0.39 is 11.2 Å². The molecule has 0 spiro atoms. The van der Waals surface area contributed by atoms with Crippen molar-refractivity contribution in [2.45, 2.75) is 0 Å². The first-order valence-corrected chi connectivity index (χ1v) is 6.89. The summed E-state index contributed by atoms with van der Waals surface area (Å²) in [5.41, 5.74) is 0.754. The highest BCUT2D eigenvalue weighted by molar-refractivity contribution is 5.74. The molecule has 0 fully saturated rings. The lowest BCUT2D eigenvalue weighted by atomic mass is 10.1. The Hall–Kier alpha value is -3.16. The smallest absolute Gasteiger partial charge is 0.332 e. The third-order valence-corrected chi connectivity index (χ3v) is 3.82. The Morgan fingerprint density at radius 1 is 1.09 bits per heavy atom. The van der Waals surface area contributed by atoms with Gasteiger partial charge in [-0.25, -0.2) is 14.8 Å². The van der Waals surface area contributed by atoms with Gasteiger partial charge in [0, 0.05) is 19.7 Å². The number of ether oxygens (including phenoxy) is 2. The highest BCUT2D eigenvalue weighted by atomic mass is 16.7. The monoisotopic (exact) mass is 312 g/mol. The van der Waals surface area contributed by atoms with Crippen LogP contribution >= 0.6 is 0 Å². The molecule has 0 atom stereocenters. The number of fused-ring (bicyclic) bond motifs is 2. The van der Waals surface area contributed by atoms with Crippen molar-refractivity contribution in [3.63, 3.8) is 0 Å². The Bertz CT molecular complexity index is 1070. The predicted molar refractivity (Wildman–Crippen MR) is 81.6 cm³/mol. The van der Waals surface area contributed by atoms with Crippen molar-refractivity contribution >= 4 is 11.2 Å². The van der Waals surface area contributed by atoms with Gasteiger partial charge in [0.25, 0.3) is 5.56 Å². The van der Waals surface area contributed by atoms with Crippen molar-refractivity contribution in [1.29, 1.82) is 0 Å². The van der Waals surface area contributed by atoms with Crippen LogP contribution in [0.3, 0.4) is 0 Å². The maximum Gasteiger partial charge on any atom is 0.332 e. The zero-order valence-electron chi connectivity index (χ0n) is 12.4. The van der Waals surface area contributed by atoms with Crippen molar-refractivity contribution < 1.29 is 9.47 Å². The van der Waals surface area contributed by atoms with Gasteiger partial charge in [0.05, 0.1) is 11.9 Å². The molecule has 1 aromatic carbocycles. The van der Waals surface area contributed by atoms with E-state index in [0.717, 1.165) is 10.1 Å². The lowest BCUT2D eigenvalue weighted by molar-refractivity contribution is 0.174. The second-order valence-corrected chi connectivity index (χ2v) is 5.20. The summed E-state index contributed by atoms with van der Waals surface area (Å²) in [6.07, 6.45) is 1.53. The molecular formula is C15H12N4O4. The highest BCUT2D eigenvalue weighted by Gasteiger charge is 2.16. The molecule has 1 aliphatic rings. The maximum atomic E-state index is 12.3. The first kappa shape index (κ1) is 13.5. The number of aromatic nitrogens is 4. The Morgan fingerprint density at radius 2 is 1.87 bits per heavy atom. The zero-order valence-corrected chi connectivity index (χ0v) is 12.4. The van der Waals surface area contributed by atoms with Crippen LogP contribution in [0.15, 0.2) is 34.0 Å². The van der Waals surface area contributed by atoms with Gasteiger partial charge in [0.15, 0.2) is 22.7 Å². The lowest BCUT2D eigenvalue weighted by Crippen LogP contribution is -2.37. The van der Waals surface area contributed by atoms with E-state index in [9.17, 15) is 9.59 Å². The van der Waals surface area contributed by atoms with Crippen molar-refractivity contribution in [1.82, 2.24) is 19.1 Å². The zero-order chi connectivity index (χ0) is 16.1. The second kappa shape index (κ2) is 4.67. The summed E-state index contributed by atoms with van der Waals surface area (Å²) in [7, 11) is 2.97. The molecule has 0 amide bonds. The van der Waals surface area contributed by atoms with Gasteiger partial charge in [-0.3, -0.25) is 13.9 Å². The van der Waals surface area contributed by atoms with Gasteiger partial charge in [-0.1, -0.05) is 0 Å². The first-order chi connectivity index (χ1) is 11.1. The molecule has 0 unspecified atom stereocenters. The molecule has 2 aromatic heterocycles. The molecule has 8 nitrogen and oxygen atoms in total. The van der Waals surface area contributed by atoms with E-state index in [1.807, 2.05) is 6.07 Å². The van der Waals surface area contributed by atoms with Gasteiger partial charge in [-0.2, -0.15) is 0 Å². The topological polar surface area (TPSA) is 88.2 Å². The van der Waals surface area contributed by atoms with E-state index in [4.69, 9.17) is 9.47 Å². The summed E-state index contributed by atoms with van der Waals surface area (Å²) >= 11 is 0. The minimum atomic E-state index is -0.474. The fourth-order valence-electron chi connectivity index (χ4n) is 2.53. The maximum absolute atomic E-state index is 12.3. The van der Waals surface area contributed by atoms with Crippen LogP contribution in [0.25, 0.3) is 22.4 Å². The van der Waals surface area contributed by atoms with Crippen LogP contribution in [-0.2, 0) is 14.1 Å². The van der Waals surface area contributed by atoms with Crippen LogP contribution in [-0.4, -0.2) is 25.9 Å². The van der Waals surface area contributed by atoms with Crippen molar-refractivity contribution in [2.24, 2.45) is 14.1 Å². The number of aryl methyl sites for hydroxylation is 1. The summed E-state index contributed by atoms with van der Waals surface area (Å²) in [6.45, 7) is 0.185. The molecule has 0 aliphatic carbocycles. The predicted octanol–water partition coefficient (Wildman–Crippen LogP) is 0.423. The van der Waals surface area contributed by atoms with Gasteiger partial charge in [-0.05, 0) is 18.2 Å². The van der Waals surface area contributed by atoms with Crippen LogP contribution in [0.1, 0.15) is 0 Å². The summed E-state index contributed by atoms with van der Waals surface area (Å²) in [5.74, 6) is 1.29. The molecular weight excluding hydrogens is 300 g/mol. The molecule has 3 aromatic rings. The number of rotatable bonds is 1. The standard InChI is InChI=1S/C15H12N4O4/c1-18-13-12(14(20)19(2)15(18)21)17-9(6-16-13)8-3-4-10-11(5-8)23-7-22-10/h3-6H,7H2,1-2H3. The average molecular weight is 312 g/mol. The highest BCUT2D eigenvalue weighted by Crippen LogP contribution is 2.35. The molecule has 116 valence electrons. The molecule has 1 aliphatic heterocycles. The van der Waals surface area contributed by atoms with Crippen LogP contribution in [0.5, 0.6) is 11.5 Å². The van der Waals surface area contributed by atoms with Crippen molar-refractivity contribution in [3.8, 4) is 22.8 Å². The SMILES string of the molecule is Cn1c(=O)c2nc(-c3ccc4c(c3)OCO4)cnc2n(C)c1=O. The van der Waals surface area contributed by atoms with Crippen LogP contribution in [0, 0.1) is 0 Å². The van der Waals surface area contributed by atoms with Crippen molar-refractivity contribution in [2.75, 3.05) is 6.79 Å². The minimum absolute atomic E-state index is 0.143. The quantitative estimate of drug-likeness (QED) is 0.647. The van der Waals surface area contributed by atoms with Gasteiger partial charge in [-0.15, -0.1) is 0 Å². The second-order valence-electron chi connectivity index (χ2n) is 5.20. The average Bonchev–Trinajstić information content (AvgIpc) is 3.05. The van der Waals surface area contributed by atoms with E-state index in [2.05, 4.69) is 9.97 Å². The fraction of sp³-hybridized carbons (Fsp3) is 0.200. The lowest BCUT2D eigenvalue weighted by Gasteiger charge is -2.07. The number of hydrogen-bond acceptors (Lipinski definition) is 6. The normalized spacial score (nSPS) is 12.8. The largest absolute Gasteiger partial charge is 0.454 e. The summed E-state index contributed by atoms with van der Waals surface area (Å²) in [6, 6.07) is 5.38. The van der Waals surface area contributed by atoms with E-state index in [1.165, 1.54) is 17.8 Å². The summed E-state index contributed by atoms with van der Waals surface area (Å²) in [5, 5.41) is 0. The van der Waals surface area contributed by atoms with E-state index in [1.54, 1.807) is 19.2 Å². The molecule has 0 saturated carbocycles. The van der Waals surface area contributed by atoms with Gasteiger partial charge in [0.1, 0.15) is 0 Å². The molecule has 23 heavy (non-hydrogen) atoms. The fourth-order valence-corrected chi connectivity index (χ4v) is 2.53. The third kappa shape index (κ3) is 1.91. The van der Waals surface area contributed by atoms with Crippen molar-refractivity contribution in [3.05, 3.63) is 45.2 Å². The van der Waals surface area contributed by atoms with Crippen LogP contribution < -0.4 is 20.7 Å². The van der Waals surface area contributed by atoms with Crippen LogP contribution in [0.2, 0.25) is 0 Å². The molecule has 0 bridgehead atoms. The molecule has 0 saturated heterocycles. The van der Waals surface area contributed by atoms with E-state index >= 15 is 0 Å². The van der Waals surface area contributed by atoms with Gasteiger partial charge < -0.3 is 9.47 Å². The Kier molecular flexibility index (Phi) is 2.74.